The summed E-state index contributed by atoms with van der Waals surface area (Å²) in [4.78, 5) is 43.9. The number of ether oxygens (including phenoxy) is 2. The maximum absolute atomic E-state index is 14.0. The van der Waals surface area contributed by atoms with E-state index in [0.29, 0.717) is 79.3 Å². The molecule has 1 aromatic heterocycles. The van der Waals surface area contributed by atoms with E-state index in [2.05, 4.69) is 43.7 Å². The number of carbonyl (C=O) groups excluding carboxylic acids is 2. The Bertz CT molecular complexity index is 1540. The number of aliphatic imine (C=N–C) groups is 1. The number of hydrogen-bond acceptors (Lipinski definition) is 13. The molecule has 254 valence electrons. The normalized spacial score (nSPS) is 27.6. The van der Waals surface area contributed by atoms with Gasteiger partial charge in [0.1, 0.15) is 17.9 Å². The second-order valence-electron chi connectivity index (χ2n) is 12.8. The lowest BCUT2D eigenvalue weighted by Crippen LogP contribution is -2.55. The molecule has 15 heteroatoms. The second-order valence-corrected chi connectivity index (χ2v) is 14.1. The van der Waals surface area contributed by atoms with Crippen molar-refractivity contribution in [1.82, 2.24) is 29.9 Å². The SMILES string of the molecule is COC(=O)C1=C(CN2CCN3C(O)N([C@H]4C[C@H](C(=O)OC)N(CC(C)C)C4)C[C@@H]3C2)NC(c2nccs2)=N[C@H]1c1ccc(F)cc1Cl. The van der Waals surface area contributed by atoms with Gasteiger partial charge in [0.15, 0.2) is 17.2 Å². The number of benzene rings is 1. The van der Waals surface area contributed by atoms with Crippen LogP contribution in [0, 0.1) is 11.7 Å². The average Bonchev–Trinajstić information content (AvgIpc) is 3.79. The van der Waals surface area contributed by atoms with Crippen molar-refractivity contribution in [2.75, 3.05) is 60.0 Å². The van der Waals surface area contributed by atoms with E-state index in [1.165, 1.54) is 37.7 Å². The highest BCUT2D eigenvalue weighted by Crippen LogP contribution is 2.37. The molecule has 0 bridgehead atoms. The molecule has 6 rings (SSSR count). The monoisotopic (exact) mass is 689 g/mol. The van der Waals surface area contributed by atoms with Gasteiger partial charge in [-0.1, -0.05) is 31.5 Å². The number of aromatic nitrogens is 1. The van der Waals surface area contributed by atoms with Crippen molar-refractivity contribution in [3.8, 4) is 0 Å². The molecule has 0 aliphatic carbocycles. The van der Waals surface area contributed by atoms with Crippen molar-refractivity contribution in [3.63, 3.8) is 0 Å². The molecule has 4 aliphatic rings. The maximum Gasteiger partial charge on any atom is 0.338 e. The molecule has 1 aromatic carbocycles. The number of esters is 2. The number of carbonyl (C=O) groups is 2. The van der Waals surface area contributed by atoms with Crippen LogP contribution in [0.1, 0.15) is 36.9 Å². The van der Waals surface area contributed by atoms with E-state index in [0.717, 1.165) is 6.54 Å². The fraction of sp³-hybridized carbons (Fsp3) is 0.562. The van der Waals surface area contributed by atoms with Gasteiger partial charge in [0.25, 0.3) is 0 Å². The highest BCUT2D eigenvalue weighted by molar-refractivity contribution is 7.11. The minimum Gasteiger partial charge on any atom is -0.468 e. The van der Waals surface area contributed by atoms with Gasteiger partial charge < -0.3 is 19.9 Å². The van der Waals surface area contributed by atoms with Gasteiger partial charge in [-0.25, -0.2) is 14.2 Å². The Morgan fingerprint density at radius 1 is 1.15 bits per heavy atom. The van der Waals surface area contributed by atoms with E-state index in [9.17, 15) is 19.1 Å². The molecule has 5 heterocycles. The number of rotatable bonds is 9. The summed E-state index contributed by atoms with van der Waals surface area (Å²) in [5.41, 5.74) is 1.38. The van der Waals surface area contributed by atoms with Crippen LogP contribution in [-0.4, -0.2) is 132 Å². The Labute approximate surface area is 282 Å². The van der Waals surface area contributed by atoms with Crippen molar-refractivity contribution < 1.29 is 28.6 Å². The smallest absolute Gasteiger partial charge is 0.338 e. The first-order valence-corrected chi connectivity index (χ1v) is 17.1. The standard InChI is InChI=1S/C32H41ClFN7O5S/c1-18(2)13-39-15-20(12-25(39)30(42)45-3)41-16-21-14-38(8-9-40(21)32(41)44)17-24-26(31(43)46-4)27(22-6-5-19(34)11-23(22)33)37-28(36-24)29-35-7-10-47-29/h5-7,10-11,18,20-21,25,27,32,44H,8-9,12-17H2,1-4H3,(H,36,37)/t20-,21-,25+,27-,32?/m0/s1. The van der Waals surface area contributed by atoms with Crippen molar-refractivity contribution in [3.05, 3.63) is 62.5 Å². The molecule has 0 amide bonds. The number of piperazine rings is 1. The van der Waals surface area contributed by atoms with Gasteiger partial charge in [-0.2, -0.15) is 0 Å². The first-order chi connectivity index (χ1) is 22.6. The summed E-state index contributed by atoms with van der Waals surface area (Å²) < 4.78 is 24.4. The third-order valence-corrected chi connectivity index (χ3v) is 10.5. The molecule has 1 unspecified atom stereocenters. The number of nitrogens with one attached hydrogen (secondary N) is 1. The molecule has 12 nitrogen and oxygen atoms in total. The van der Waals surface area contributed by atoms with Gasteiger partial charge in [0, 0.05) is 85.8 Å². The molecule has 2 N–H and O–H groups in total. The van der Waals surface area contributed by atoms with Gasteiger partial charge in [-0.15, -0.1) is 11.3 Å². The predicted octanol–water partition coefficient (Wildman–Crippen LogP) is 2.30. The van der Waals surface area contributed by atoms with Crippen LogP contribution in [0.25, 0.3) is 0 Å². The Hall–Kier alpha value is -2.98. The van der Waals surface area contributed by atoms with Gasteiger partial charge >= 0.3 is 11.9 Å². The van der Waals surface area contributed by atoms with E-state index in [1.54, 1.807) is 12.3 Å². The first kappa shape index (κ1) is 33.9. The quantitative estimate of drug-likeness (QED) is 0.377. The fourth-order valence-electron chi connectivity index (χ4n) is 7.27. The summed E-state index contributed by atoms with van der Waals surface area (Å²) >= 11 is 7.91. The minimum absolute atomic E-state index is 0.0128. The molecular weight excluding hydrogens is 649 g/mol. The topological polar surface area (TPSA) is 123 Å². The predicted molar refractivity (Wildman–Crippen MR) is 175 cm³/mol. The largest absolute Gasteiger partial charge is 0.468 e. The zero-order valence-corrected chi connectivity index (χ0v) is 28.5. The lowest BCUT2D eigenvalue weighted by atomic mass is 9.95. The third-order valence-electron chi connectivity index (χ3n) is 9.36. The fourth-order valence-corrected chi connectivity index (χ4v) is 8.13. The summed E-state index contributed by atoms with van der Waals surface area (Å²) in [5.74, 6) is -0.407. The number of fused-ring (bicyclic) bond motifs is 1. The Morgan fingerprint density at radius 3 is 2.64 bits per heavy atom. The van der Waals surface area contributed by atoms with Gasteiger partial charge in [0.2, 0.25) is 0 Å². The van der Waals surface area contributed by atoms with E-state index >= 15 is 0 Å². The van der Waals surface area contributed by atoms with E-state index in [1.807, 2.05) is 5.38 Å². The summed E-state index contributed by atoms with van der Waals surface area (Å²) in [6, 6.07) is 2.93. The highest BCUT2D eigenvalue weighted by atomic mass is 35.5. The number of aliphatic hydroxyl groups excluding tert-OH is 1. The summed E-state index contributed by atoms with van der Waals surface area (Å²) in [7, 11) is 2.74. The highest BCUT2D eigenvalue weighted by Gasteiger charge is 2.49. The van der Waals surface area contributed by atoms with Crippen LogP contribution in [-0.2, 0) is 19.1 Å². The lowest BCUT2D eigenvalue weighted by molar-refractivity contribution is -0.146. The van der Waals surface area contributed by atoms with Crippen LogP contribution in [0.4, 0.5) is 4.39 Å². The molecule has 2 aromatic rings. The molecule has 3 fully saturated rings. The number of methoxy groups -OCH3 is 2. The van der Waals surface area contributed by atoms with E-state index in [-0.39, 0.29) is 29.1 Å². The molecule has 4 aliphatic heterocycles. The number of hydrogen-bond donors (Lipinski definition) is 2. The second kappa shape index (κ2) is 14.2. The molecule has 3 saturated heterocycles. The molecular formula is C32H41ClFN7O5S. The van der Waals surface area contributed by atoms with E-state index < -0.39 is 24.2 Å². The number of amidine groups is 1. The van der Waals surface area contributed by atoms with E-state index in [4.69, 9.17) is 26.1 Å². The van der Waals surface area contributed by atoms with Crippen LogP contribution < -0.4 is 5.32 Å². The number of nitrogens with zero attached hydrogens (tertiary/aromatic N) is 6. The average molecular weight is 690 g/mol. The number of likely N-dealkylation sites (tertiary alicyclic amines) is 1. The maximum atomic E-state index is 14.0. The van der Waals surface area contributed by atoms with Crippen LogP contribution in [0.2, 0.25) is 5.02 Å². The molecule has 0 saturated carbocycles. The van der Waals surface area contributed by atoms with Gasteiger partial charge in [-0.3, -0.25) is 29.4 Å². The number of thiazole rings is 1. The lowest BCUT2D eigenvalue weighted by Gasteiger charge is -2.39. The summed E-state index contributed by atoms with van der Waals surface area (Å²) in [6.07, 6.45) is 1.53. The van der Waals surface area contributed by atoms with Crippen molar-refractivity contribution in [2.45, 2.75) is 50.8 Å². The van der Waals surface area contributed by atoms with Crippen LogP contribution in [0.5, 0.6) is 0 Å². The van der Waals surface area contributed by atoms with Gasteiger partial charge in [-0.05, 0) is 24.5 Å². The van der Waals surface area contributed by atoms with Crippen LogP contribution in [0.15, 0.2) is 46.0 Å². The molecule has 47 heavy (non-hydrogen) atoms. The zero-order valence-electron chi connectivity index (χ0n) is 26.9. The molecule has 5 atom stereocenters. The summed E-state index contributed by atoms with van der Waals surface area (Å²) in [5, 5.41) is 17.4. The Balaban J connectivity index is 1.23. The van der Waals surface area contributed by atoms with Crippen molar-refractivity contribution in [2.24, 2.45) is 10.9 Å². The van der Waals surface area contributed by atoms with Crippen LogP contribution in [0.3, 0.4) is 0 Å². The third kappa shape index (κ3) is 6.95. The Kier molecular flexibility index (Phi) is 10.3. The minimum atomic E-state index is -0.838. The van der Waals surface area contributed by atoms with Crippen LogP contribution >= 0.6 is 22.9 Å². The zero-order chi connectivity index (χ0) is 33.4. The molecule has 0 spiro atoms. The number of aliphatic hydroxyl groups is 1. The number of halogens is 2. The first-order valence-electron chi connectivity index (χ1n) is 15.8. The Morgan fingerprint density at radius 2 is 1.96 bits per heavy atom. The van der Waals surface area contributed by atoms with Crippen molar-refractivity contribution >= 4 is 40.7 Å². The van der Waals surface area contributed by atoms with Gasteiger partial charge in [0.05, 0.1) is 19.8 Å². The molecule has 0 radical (unpaired) electrons. The van der Waals surface area contributed by atoms with Crippen molar-refractivity contribution in [1.29, 1.82) is 0 Å². The summed E-state index contributed by atoms with van der Waals surface area (Å²) in [6.45, 7) is 8.64.